The Kier molecular flexibility index (Phi) is 3.95. The van der Waals surface area contributed by atoms with Gasteiger partial charge in [-0.2, -0.15) is 11.3 Å². The van der Waals surface area contributed by atoms with E-state index in [2.05, 4.69) is 10.4 Å². The third kappa shape index (κ3) is 2.88. The van der Waals surface area contributed by atoms with Gasteiger partial charge in [0.15, 0.2) is 0 Å². The van der Waals surface area contributed by atoms with E-state index in [1.54, 1.807) is 21.3 Å². The Balaban J connectivity index is 1.73. The predicted octanol–water partition coefficient (Wildman–Crippen LogP) is 3.93. The first-order valence-corrected chi connectivity index (χ1v) is 9.27. The molecule has 5 nitrogen and oxygen atoms in total. The molecule has 0 amide bonds. The van der Waals surface area contributed by atoms with Crippen molar-refractivity contribution in [3.63, 3.8) is 0 Å². The molecule has 0 aromatic carbocycles. The lowest BCUT2D eigenvalue weighted by molar-refractivity contribution is 0.0695. The summed E-state index contributed by atoms with van der Waals surface area (Å²) >= 11 is 2.89. The number of rotatable bonds is 4. The van der Waals surface area contributed by atoms with Crippen LogP contribution in [-0.4, -0.2) is 20.6 Å². The van der Waals surface area contributed by atoms with Crippen LogP contribution in [0.4, 0.5) is 0 Å². The van der Waals surface area contributed by atoms with Gasteiger partial charge in [0.1, 0.15) is 5.56 Å². The third-order valence-electron chi connectivity index (χ3n) is 3.93. The third-order valence-corrected chi connectivity index (χ3v) is 5.52. The van der Waals surface area contributed by atoms with Crippen molar-refractivity contribution >= 4 is 38.9 Å². The maximum atomic E-state index is 12.2. The van der Waals surface area contributed by atoms with Gasteiger partial charge in [0.05, 0.1) is 22.5 Å². The first-order chi connectivity index (χ1) is 12.1. The predicted molar refractivity (Wildman–Crippen MR) is 99.7 cm³/mol. The van der Waals surface area contributed by atoms with Gasteiger partial charge in [-0.25, -0.2) is 4.79 Å². The fraction of sp³-hybridized carbons (Fsp3) is 0.0556. The van der Waals surface area contributed by atoms with Crippen molar-refractivity contribution in [1.82, 2.24) is 9.55 Å². The molecule has 25 heavy (non-hydrogen) atoms. The molecular weight excluding hydrogens is 356 g/mol. The average molecular weight is 368 g/mol. The van der Waals surface area contributed by atoms with E-state index in [4.69, 9.17) is 0 Å². The molecule has 0 aliphatic rings. The van der Waals surface area contributed by atoms with Crippen molar-refractivity contribution in [2.75, 3.05) is 0 Å². The maximum absolute atomic E-state index is 12.2. The van der Waals surface area contributed by atoms with Crippen LogP contribution in [0.15, 0.2) is 57.6 Å². The molecule has 0 bridgehead atoms. The second kappa shape index (κ2) is 6.27. The van der Waals surface area contributed by atoms with E-state index in [-0.39, 0.29) is 5.56 Å². The molecule has 0 saturated heterocycles. The molecule has 0 unspecified atom stereocenters. The molecule has 0 aliphatic carbocycles. The van der Waals surface area contributed by atoms with E-state index >= 15 is 0 Å². The van der Waals surface area contributed by atoms with Gasteiger partial charge in [0.25, 0.3) is 0 Å². The number of aromatic carboxylic acids is 1. The number of nitrogens with zero attached hydrogens (tertiary/aromatic N) is 2. The Bertz CT molecular complexity index is 1110. The minimum atomic E-state index is -1.21. The summed E-state index contributed by atoms with van der Waals surface area (Å²) in [6, 6.07) is 7.78. The zero-order chi connectivity index (χ0) is 17.4. The van der Waals surface area contributed by atoms with Crippen LogP contribution in [-0.2, 0) is 6.54 Å². The number of carbonyl (C=O) groups is 1. The Morgan fingerprint density at radius 1 is 1.16 bits per heavy atom. The monoisotopic (exact) mass is 368 g/mol. The molecule has 4 aromatic heterocycles. The first kappa shape index (κ1) is 15.7. The number of carboxylic acid groups (broad SMARTS) is 1. The van der Waals surface area contributed by atoms with Crippen molar-refractivity contribution < 1.29 is 9.90 Å². The molecule has 4 rings (SSSR count). The Hall–Kier alpha value is -2.77. The minimum Gasteiger partial charge on any atom is -0.477 e. The zero-order valence-corrected chi connectivity index (χ0v) is 14.5. The number of hydrogen-bond donors (Lipinski definition) is 1. The molecule has 0 saturated carbocycles. The van der Waals surface area contributed by atoms with Crippen LogP contribution in [0.2, 0.25) is 0 Å². The minimum absolute atomic E-state index is 0.218. The highest BCUT2D eigenvalue weighted by Gasteiger charge is 2.15. The van der Waals surface area contributed by atoms with Gasteiger partial charge in [-0.05, 0) is 39.9 Å². The van der Waals surface area contributed by atoms with Gasteiger partial charge < -0.3 is 9.67 Å². The molecule has 0 aliphatic heterocycles. The highest BCUT2D eigenvalue weighted by atomic mass is 32.1. The van der Waals surface area contributed by atoms with E-state index in [1.165, 1.54) is 17.5 Å². The summed E-state index contributed by atoms with van der Waals surface area (Å²) in [6.45, 7) is 0.401. The van der Waals surface area contributed by atoms with Crippen molar-refractivity contribution in [3.05, 3.63) is 74.3 Å². The van der Waals surface area contributed by atoms with E-state index in [0.717, 1.165) is 22.3 Å². The summed E-state index contributed by atoms with van der Waals surface area (Å²) in [5.41, 5.74) is 3.03. The SMILES string of the molecule is O=C(O)c1cn(Cc2ccc(-c3ccsc3)cn2)c2ccsc2c1=O. The average Bonchev–Trinajstić information content (AvgIpc) is 3.29. The van der Waals surface area contributed by atoms with Gasteiger partial charge in [0, 0.05) is 18.0 Å². The fourth-order valence-electron chi connectivity index (χ4n) is 2.68. The molecular formula is C18H12N2O3S2. The highest BCUT2D eigenvalue weighted by Crippen LogP contribution is 2.22. The zero-order valence-electron chi connectivity index (χ0n) is 12.9. The smallest absolute Gasteiger partial charge is 0.341 e. The highest BCUT2D eigenvalue weighted by molar-refractivity contribution is 7.17. The van der Waals surface area contributed by atoms with Crippen molar-refractivity contribution in [3.8, 4) is 11.1 Å². The first-order valence-electron chi connectivity index (χ1n) is 7.45. The van der Waals surface area contributed by atoms with Gasteiger partial charge in [-0.1, -0.05) is 6.07 Å². The van der Waals surface area contributed by atoms with Crippen molar-refractivity contribution in [2.24, 2.45) is 0 Å². The number of hydrogen-bond acceptors (Lipinski definition) is 5. The van der Waals surface area contributed by atoms with Gasteiger partial charge in [-0.3, -0.25) is 9.78 Å². The number of carboxylic acids is 1. The Morgan fingerprint density at radius 2 is 2.04 bits per heavy atom. The standard InChI is InChI=1S/C18H12N2O3S2/c21-16-14(18(22)23)9-20(15-4-6-25-17(15)16)8-13-2-1-11(7-19-13)12-3-5-24-10-12/h1-7,9-10H,8H2,(H,22,23). The van der Waals surface area contributed by atoms with Crippen LogP contribution in [0.1, 0.15) is 16.1 Å². The molecule has 1 N–H and O–H groups in total. The second-order valence-electron chi connectivity index (χ2n) is 5.49. The molecule has 0 radical (unpaired) electrons. The number of pyridine rings is 2. The summed E-state index contributed by atoms with van der Waals surface area (Å²) in [4.78, 5) is 28.0. The van der Waals surface area contributed by atoms with Crippen molar-refractivity contribution in [1.29, 1.82) is 0 Å². The molecule has 0 atom stereocenters. The van der Waals surface area contributed by atoms with Crippen LogP contribution in [0.5, 0.6) is 0 Å². The Labute approximate surface area is 150 Å². The van der Waals surface area contributed by atoms with Crippen LogP contribution in [0.3, 0.4) is 0 Å². The summed E-state index contributed by atoms with van der Waals surface area (Å²) in [7, 11) is 0. The van der Waals surface area contributed by atoms with Crippen LogP contribution in [0.25, 0.3) is 21.3 Å². The number of thiophene rings is 2. The second-order valence-corrected chi connectivity index (χ2v) is 7.19. The summed E-state index contributed by atoms with van der Waals surface area (Å²) in [6.07, 6.45) is 3.21. The molecule has 4 heterocycles. The maximum Gasteiger partial charge on any atom is 0.341 e. The van der Waals surface area contributed by atoms with Crippen molar-refractivity contribution in [2.45, 2.75) is 6.54 Å². The number of aromatic nitrogens is 2. The summed E-state index contributed by atoms with van der Waals surface area (Å²) in [5.74, 6) is -1.21. The van der Waals surface area contributed by atoms with Crippen LogP contribution >= 0.6 is 22.7 Å². The summed E-state index contributed by atoms with van der Waals surface area (Å²) < 4.78 is 2.22. The normalized spacial score (nSPS) is 11.0. The topological polar surface area (TPSA) is 72.2 Å². The quantitative estimate of drug-likeness (QED) is 0.592. The van der Waals surface area contributed by atoms with E-state index < -0.39 is 11.4 Å². The molecule has 124 valence electrons. The summed E-state index contributed by atoms with van der Waals surface area (Å²) in [5, 5.41) is 15.1. The van der Waals surface area contributed by atoms with Gasteiger partial charge in [-0.15, -0.1) is 11.3 Å². The van der Waals surface area contributed by atoms with Gasteiger partial charge >= 0.3 is 5.97 Å². The Morgan fingerprint density at radius 3 is 2.72 bits per heavy atom. The largest absolute Gasteiger partial charge is 0.477 e. The lowest BCUT2D eigenvalue weighted by atomic mass is 10.1. The van der Waals surface area contributed by atoms with E-state index in [9.17, 15) is 14.7 Å². The van der Waals surface area contributed by atoms with Crippen LogP contribution < -0.4 is 5.43 Å². The van der Waals surface area contributed by atoms with E-state index in [0.29, 0.717) is 11.2 Å². The molecule has 0 fully saturated rings. The molecule has 0 spiro atoms. The molecule has 7 heteroatoms. The lowest BCUT2D eigenvalue weighted by Gasteiger charge is -2.10. The number of fused-ring (bicyclic) bond motifs is 1. The molecule has 4 aromatic rings. The fourth-order valence-corrected chi connectivity index (χ4v) is 4.20. The van der Waals surface area contributed by atoms with Crippen LogP contribution in [0, 0.1) is 0 Å². The van der Waals surface area contributed by atoms with Gasteiger partial charge in [0.2, 0.25) is 5.43 Å². The van der Waals surface area contributed by atoms with E-state index in [1.807, 2.05) is 35.8 Å². The lowest BCUT2D eigenvalue weighted by Crippen LogP contribution is -2.18.